The molecule has 3 heterocycles. The van der Waals surface area contributed by atoms with Gasteiger partial charge in [-0.05, 0) is 30.3 Å². The van der Waals surface area contributed by atoms with Crippen molar-refractivity contribution in [3.8, 4) is 17.8 Å². The van der Waals surface area contributed by atoms with Crippen LogP contribution in [0.3, 0.4) is 0 Å². The Hall–Kier alpha value is -3.07. The molecule has 132 valence electrons. The molecule has 0 radical (unpaired) electrons. The van der Waals surface area contributed by atoms with Crippen molar-refractivity contribution in [3.05, 3.63) is 47.8 Å². The lowest BCUT2D eigenvalue weighted by atomic mass is 9.92. The van der Waals surface area contributed by atoms with Crippen molar-refractivity contribution >= 4 is 11.0 Å². The Labute approximate surface area is 152 Å². The summed E-state index contributed by atoms with van der Waals surface area (Å²) in [6.45, 7) is 7.50. The first-order valence-corrected chi connectivity index (χ1v) is 8.60. The summed E-state index contributed by atoms with van der Waals surface area (Å²) in [5.41, 5.74) is 3.40. The van der Waals surface area contributed by atoms with Crippen molar-refractivity contribution in [2.24, 2.45) is 0 Å². The third-order valence-electron chi connectivity index (χ3n) is 4.44. The summed E-state index contributed by atoms with van der Waals surface area (Å²) in [4.78, 5) is 8.94. The van der Waals surface area contributed by atoms with Crippen molar-refractivity contribution in [2.45, 2.75) is 38.8 Å². The molecular weight excluding hydrogens is 328 g/mol. The highest BCUT2D eigenvalue weighted by Crippen LogP contribution is 2.29. The maximum Gasteiger partial charge on any atom is 0.297 e. The second-order valence-corrected chi connectivity index (χ2v) is 7.50. The van der Waals surface area contributed by atoms with Gasteiger partial charge in [0.25, 0.3) is 6.01 Å². The number of fused-ring (bicyclic) bond motifs is 3. The Kier molecular flexibility index (Phi) is 3.80. The number of pyridine rings is 1. The monoisotopic (exact) mass is 348 g/mol. The highest BCUT2D eigenvalue weighted by atomic mass is 16.6. The van der Waals surface area contributed by atoms with E-state index in [1.165, 1.54) is 0 Å². The average molecular weight is 348 g/mol. The van der Waals surface area contributed by atoms with E-state index >= 15 is 0 Å². The van der Waals surface area contributed by atoms with E-state index in [-0.39, 0.29) is 11.5 Å². The van der Waals surface area contributed by atoms with Crippen LogP contribution >= 0.6 is 0 Å². The van der Waals surface area contributed by atoms with E-state index in [4.69, 9.17) is 14.7 Å². The minimum Gasteiger partial charge on any atom is -0.488 e. The van der Waals surface area contributed by atoms with Gasteiger partial charge in [-0.25, -0.2) is 0 Å². The first-order chi connectivity index (χ1) is 12.4. The van der Waals surface area contributed by atoms with Crippen LogP contribution in [0.4, 0.5) is 0 Å². The van der Waals surface area contributed by atoms with E-state index in [1.54, 1.807) is 18.3 Å². The molecule has 2 aromatic heterocycles. The van der Waals surface area contributed by atoms with Gasteiger partial charge >= 0.3 is 0 Å². The van der Waals surface area contributed by atoms with Gasteiger partial charge in [0, 0.05) is 11.1 Å². The number of aromatic nitrogens is 3. The van der Waals surface area contributed by atoms with Gasteiger partial charge in [0.2, 0.25) is 0 Å². The van der Waals surface area contributed by atoms with Crippen molar-refractivity contribution in [3.63, 3.8) is 0 Å². The van der Waals surface area contributed by atoms with Crippen LogP contribution in [-0.2, 0) is 12.0 Å². The SMILES string of the molecule is CC(C)(C)c1ccc(OC[C@@H]2Cn3c(nc4cc(C#N)ccc43)O2)cn1. The molecule has 0 saturated heterocycles. The van der Waals surface area contributed by atoms with E-state index in [0.29, 0.717) is 24.7 Å². The standard InChI is InChI=1S/C20H20N4O2/c1-20(2,3)18-7-5-14(10-22-18)25-12-15-11-24-17-6-4-13(9-21)8-16(17)23-19(24)26-15/h4-8,10,15H,11-12H2,1-3H3/t15-/m0/s1. The zero-order valence-electron chi connectivity index (χ0n) is 15.1. The van der Waals surface area contributed by atoms with Crippen LogP contribution in [0.5, 0.6) is 11.8 Å². The Morgan fingerprint density at radius 1 is 1.31 bits per heavy atom. The minimum atomic E-state index is -0.0974. The second kappa shape index (κ2) is 6.03. The molecule has 3 aromatic rings. The zero-order valence-corrected chi connectivity index (χ0v) is 15.1. The molecular formula is C20H20N4O2. The molecule has 1 aromatic carbocycles. The minimum absolute atomic E-state index is 0.0226. The molecule has 1 aliphatic rings. The smallest absolute Gasteiger partial charge is 0.297 e. The Balaban J connectivity index is 1.42. The van der Waals surface area contributed by atoms with Gasteiger partial charge in [0.1, 0.15) is 12.4 Å². The number of imidazole rings is 1. The zero-order chi connectivity index (χ0) is 18.3. The van der Waals surface area contributed by atoms with Crippen molar-refractivity contribution in [2.75, 3.05) is 6.61 Å². The third-order valence-corrected chi connectivity index (χ3v) is 4.44. The second-order valence-electron chi connectivity index (χ2n) is 7.50. The molecule has 6 nitrogen and oxygen atoms in total. The molecule has 0 N–H and O–H groups in total. The Bertz CT molecular complexity index is 994. The van der Waals surface area contributed by atoms with Gasteiger partial charge < -0.3 is 9.47 Å². The number of nitrogens with zero attached hydrogens (tertiary/aromatic N) is 4. The molecule has 0 bridgehead atoms. The third kappa shape index (κ3) is 2.97. The van der Waals surface area contributed by atoms with Crippen molar-refractivity contribution < 1.29 is 9.47 Å². The van der Waals surface area contributed by atoms with Crippen molar-refractivity contribution in [1.82, 2.24) is 14.5 Å². The van der Waals surface area contributed by atoms with Gasteiger partial charge in [0.05, 0.1) is 35.4 Å². The van der Waals surface area contributed by atoms with Crippen molar-refractivity contribution in [1.29, 1.82) is 5.26 Å². The molecule has 0 unspecified atom stereocenters. The van der Waals surface area contributed by atoms with Crippen LogP contribution in [0.2, 0.25) is 0 Å². The van der Waals surface area contributed by atoms with Crippen LogP contribution in [0.15, 0.2) is 36.5 Å². The normalized spacial score (nSPS) is 16.2. The predicted octanol–water partition coefficient (Wildman–Crippen LogP) is 3.44. The molecule has 0 amide bonds. The van der Waals surface area contributed by atoms with E-state index in [9.17, 15) is 0 Å². The fourth-order valence-corrected chi connectivity index (χ4v) is 3.02. The predicted molar refractivity (Wildman–Crippen MR) is 97.3 cm³/mol. The van der Waals surface area contributed by atoms with Crippen LogP contribution < -0.4 is 9.47 Å². The summed E-state index contributed by atoms with van der Waals surface area (Å²) in [7, 11) is 0. The van der Waals surface area contributed by atoms with E-state index in [2.05, 4.69) is 36.8 Å². The summed E-state index contributed by atoms with van der Waals surface area (Å²) in [5.74, 6) is 0.731. The summed E-state index contributed by atoms with van der Waals surface area (Å²) in [6, 6.07) is 12.1. The molecule has 0 fully saturated rings. The fraction of sp³-hybridized carbons (Fsp3) is 0.350. The molecule has 6 heteroatoms. The van der Waals surface area contributed by atoms with Crippen LogP contribution in [-0.4, -0.2) is 27.2 Å². The van der Waals surface area contributed by atoms with Crippen LogP contribution in [0.25, 0.3) is 11.0 Å². The topological polar surface area (TPSA) is 73.0 Å². The summed E-state index contributed by atoms with van der Waals surface area (Å²) < 4.78 is 13.7. The van der Waals surface area contributed by atoms with E-state index in [1.807, 2.05) is 22.8 Å². The van der Waals surface area contributed by atoms with Gasteiger partial charge in [-0.3, -0.25) is 9.55 Å². The Morgan fingerprint density at radius 3 is 2.85 bits per heavy atom. The first-order valence-electron chi connectivity index (χ1n) is 8.60. The fourth-order valence-electron chi connectivity index (χ4n) is 3.02. The highest BCUT2D eigenvalue weighted by Gasteiger charge is 2.27. The molecule has 0 saturated carbocycles. The Morgan fingerprint density at radius 2 is 2.15 bits per heavy atom. The number of hydrogen-bond acceptors (Lipinski definition) is 5. The lowest BCUT2D eigenvalue weighted by Crippen LogP contribution is -2.23. The summed E-state index contributed by atoms with van der Waals surface area (Å²) in [5, 5.41) is 8.99. The number of benzene rings is 1. The molecule has 0 spiro atoms. The van der Waals surface area contributed by atoms with Gasteiger partial charge in [-0.1, -0.05) is 20.8 Å². The number of rotatable bonds is 3. The summed E-state index contributed by atoms with van der Waals surface area (Å²) >= 11 is 0. The molecule has 26 heavy (non-hydrogen) atoms. The van der Waals surface area contributed by atoms with Crippen LogP contribution in [0.1, 0.15) is 32.0 Å². The highest BCUT2D eigenvalue weighted by molar-refractivity contribution is 5.78. The maximum atomic E-state index is 8.99. The van der Waals surface area contributed by atoms with Gasteiger partial charge in [-0.15, -0.1) is 0 Å². The quantitative estimate of drug-likeness (QED) is 0.725. The number of nitriles is 1. The molecule has 1 atom stereocenters. The summed E-state index contributed by atoms with van der Waals surface area (Å²) in [6.07, 6.45) is 1.66. The van der Waals surface area contributed by atoms with E-state index < -0.39 is 0 Å². The lowest BCUT2D eigenvalue weighted by molar-refractivity contribution is 0.143. The molecule has 4 rings (SSSR count). The van der Waals surface area contributed by atoms with Gasteiger partial charge in [0.15, 0.2) is 6.10 Å². The lowest BCUT2D eigenvalue weighted by Gasteiger charge is -2.18. The maximum absolute atomic E-state index is 8.99. The molecule has 0 aliphatic carbocycles. The molecule has 1 aliphatic heterocycles. The average Bonchev–Trinajstić information content (AvgIpc) is 3.16. The van der Waals surface area contributed by atoms with Gasteiger partial charge in [-0.2, -0.15) is 10.2 Å². The first kappa shape index (κ1) is 16.4. The number of hydrogen-bond donors (Lipinski definition) is 0. The van der Waals surface area contributed by atoms with E-state index in [0.717, 1.165) is 22.5 Å². The van der Waals surface area contributed by atoms with Crippen LogP contribution in [0, 0.1) is 11.3 Å². The number of ether oxygens (including phenoxy) is 2. The largest absolute Gasteiger partial charge is 0.488 e.